The van der Waals surface area contributed by atoms with E-state index >= 15 is 0 Å². The molecule has 2 aromatic carbocycles. The second kappa shape index (κ2) is 7.43. The van der Waals surface area contributed by atoms with Crippen LogP contribution in [0.15, 0.2) is 53.3 Å². The lowest BCUT2D eigenvalue weighted by Gasteiger charge is -2.09. The second-order valence-corrected chi connectivity index (χ2v) is 8.30. The molecule has 0 saturated carbocycles. The fraction of sp³-hybridized carbons (Fsp3) is 0.250. The van der Waals surface area contributed by atoms with Crippen LogP contribution in [-0.4, -0.2) is 19.9 Å². The molecule has 0 fully saturated rings. The van der Waals surface area contributed by atoms with Crippen LogP contribution in [0.25, 0.3) is 10.9 Å². The van der Waals surface area contributed by atoms with Gasteiger partial charge in [0.2, 0.25) is 10.0 Å². The Labute approximate surface area is 153 Å². The second-order valence-electron chi connectivity index (χ2n) is 6.49. The summed E-state index contributed by atoms with van der Waals surface area (Å²) in [5.41, 5.74) is 3.94. The summed E-state index contributed by atoms with van der Waals surface area (Å²) in [6.45, 7) is 4.02. The molecule has 5 nitrogen and oxygen atoms in total. The van der Waals surface area contributed by atoms with Gasteiger partial charge in [-0.3, -0.25) is 4.79 Å². The van der Waals surface area contributed by atoms with Crippen molar-refractivity contribution in [3.8, 4) is 0 Å². The van der Waals surface area contributed by atoms with E-state index in [1.807, 2.05) is 62.4 Å². The highest BCUT2D eigenvalue weighted by molar-refractivity contribution is 7.88. The van der Waals surface area contributed by atoms with Crippen molar-refractivity contribution in [3.05, 3.63) is 81.1 Å². The summed E-state index contributed by atoms with van der Waals surface area (Å²) in [4.78, 5) is 15.1. The number of sulfonamides is 1. The zero-order valence-electron chi connectivity index (χ0n) is 14.9. The maximum absolute atomic E-state index is 12.3. The Morgan fingerprint density at radius 1 is 0.962 bits per heavy atom. The number of nitrogens with one attached hydrogen (secondary N) is 2. The third-order valence-corrected chi connectivity index (χ3v) is 5.82. The van der Waals surface area contributed by atoms with Crippen LogP contribution < -0.4 is 10.3 Å². The van der Waals surface area contributed by atoms with Gasteiger partial charge in [-0.05, 0) is 48.4 Å². The first-order valence-electron chi connectivity index (χ1n) is 8.49. The number of aryl methyl sites for hydroxylation is 2. The van der Waals surface area contributed by atoms with Crippen molar-refractivity contribution in [1.82, 2.24) is 9.71 Å². The van der Waals surface area contributed by atoms with Crippen molar-refractivity contribution >= 4 is 20.9 Å². The quantitative estimate of drug-likeness (QED) is 0.700. The van der Waals surface area contributed by atoms with Gasteiger partial charge in [-0.25, -0.2) is 13.1 Å². The van der Waals surface area contributed by atoms with Crippen LogP contribution in [-0.2, 0) is 22.2 Å². The van der Waals surface area contributed by atoms with Gasteiger partial charge in [-0.1, -0.05) is 42.5 Å². The molecule has 0 aliphatic rings. The number of rotatable bonds is 6. The Morgan fingerprint density at radius 2 is 1.69 bits per heavy atom. The normalized spacial score (nSPS) is 11.8. The Balaban J connectivity index is 1.69. The molecule has 0 unspecified atom stereocenters. The van der Waals surface area contributed by atoms with E-state index in [0.29, 0.717) is 12.0 Å². The van der Waals surface area contributed by atoms with Gasteiger partial charge in [0, 0.05) is 12.1 Å². The molecule has 0 atom stereocenters. The summed E-state index contributed by atoms with van der Waals surface area (Å²) in [5, 5.41) is 0.947. The van der Waals surface area contributed by atoms with Crippen LogP contribution in [0.5, 0.6) is 0 Å². The molecule has 1 aromatic heterocycles. The van der Waals surface area contributed by atoms with E-state index in [1.54, 1.807) is 0 Å². The Hall–Kier alpha value is -2.44. The van der Waals surface area contributed by atoms with E-state index in [-0.39, 0.29) is 17.9 Å². The van der Waals surface area contributed by atoms with Crippen LogP contribution in [0.3, 0.4) is 0 Å². The topological polar surface area (TPSA) is 79.0 Å². The first-order chi connectivity index (χ1) is 12.4. The minimum atomic E-state index is -3.45. The first kappa shape index (κ1) is 18.4. The number of aromatic nitrogens is 1. The number of fused-ring (bicyclic) bond motifs is 1. The lowest BCUT2D eigenvalue weighted by Crippen LogP contribution is -2.29. The van der Waals surface area contributed by atoms with E-state index in [4.69, 9.17) is 0 Å². The van der Waals surface area contributed by atoms with E-state index < -0.39 is 10.0 Å². The summed E-state index contributed by atoms with van der Waals surface area (Å²) in [6.07, 6.45) is 0.340. The summed E-state index contributed by atoms with van der Waals surface area (Å²) >= 11 is 0. The molecule has 0 bridgehead atoms. The minimum absolute atomic E-state index is 0.0626. The number of para-hydroxylation sites is 1. The third-order valence-electron chi connectivity index (χ3n) is 4.49. The Kier molecular flexibility index (Phi) is 5.25. The fourth-order valence-corrected chi connectivity index (χ4v) is 4.23. The molecule has 1 heterocycles. The van der Waals surface area contributed by atoms with Gasteiger partial charge in [-0.2, -0.15) is 0 Å². The SMILES string of the molecule is Cc1ccccc1CS(=O)(=O)NCCc1cc2cccc(C)c2[nH]c1=O. The number of hydrogen-bond donors (Lipinski definition) is 2. The maximum atomic E-state index is 12.3. The van der Waals surface area contributed by atoms with Crippen molar-refractivity contribution in [2.45, 2.75) is 26.0 Å². The fourth-order valence-electron chi connectivity index (χ4n) is 2.98. The van der Waals surface area contributed by atoms with Crippen molar-refractivity contribution in [2.24, 2.45) is 0 Å². The van der Waals surface area contributed by atoms with Crippen molar-refractivity contribution in [3.63, 3.8) is 0 Å². The molecule has 26 heavy (non-hydrogen) atoms. The van der Waals surface area contributed by atoms with E-state index in [1.165, 1.54) is 0 Å². The van der Waals surface area contributed by atoms with Crippen molar-refractivity contribution < 1.29 is 8.42 Å². The van der Waals surface area contributed by atoms with E-state index in [0.717, 1.165) is 27.6 Å². The molecule has 3 aromatic rings. The van der Waals surface area contributed by atoms with E-state index in [2.05, 4.69) is 9.71 Å². The van der Waals surface area contributed by atoms with Crippen LogP contribution in [0.1, 0.15) is 22.3 Å². The van der Waals surface area contributed by atoms with Gasteiger partial charge in [0.05, 0.1) is 11.3 Å². The van der Waals surface area contributed by atoms with Crippen LogP contribution in [0.2, 0.25) is 0 Å². The highest BCUT2D eigenvalue weighted by atomic mass is 32.2. The molecule has 0 saturated heterocycles. The minimum Gasteiger partial charge on any atom is -0.321 e. The van der Waals surface area contributed by atoms with Gasteiger partial charge in [0.1, 0.15) is 0 Å². The van der Waals surface area contributed by atoms with Gasteiger partial charge in [-0.15, -0.1) is 0 Å². The monoisotopic (exact) mass is 370 g/mol. The van der Waals surface area contributed by atoms with Gasteiger partial charge >= 0.3 is 0 Å². The number of H-pyrrole nitrogens is 1. The van der Waals surface area contributed by atoms with E-state index in [9.17, 15) is 13.2 Å². The van der Waals surface area contributed by atoms with Crippen molar-refractivity contribution in [2.75, 3.05) is 6.54 Å². The predicted molar refractivity (Wildman–Crippen MR) is 105 cm³/mol. The molecule has 6 heteroatoms. The molecule has 0 aliphatic heterocycles. The van der Waals surface area contributed by atoms with Gasteiger partial charge in [0.25, 0.3) is 5.56 Å². The Bertz CT molecular complexity index is 1100. The Morgan fingerprint density at radius 3 is 2.46 bits per heavy atom. The first-order valence-corrected chi connectivity index (χ1v) is 10.1. The largest absolute Gasteiger partial charge is 0.321 e. The zero-order valence-corrected chi connectivity index (χ0v) is 15.7. The summed E-state index contributed by atoms with van der Waals surface area (Å²) in [5.74, 6) is -0.0626. The zero-order chi connectivity index (χ0) is 18.7. The van der Waals surface area contributed by atoms with Crippen molar-refractivity contribution in [1.29, 1.82) is 0 Å². The van der Waals surface area contributed by atoms with Crippen LogP contribution in [0.4, 0.5) is 0 Å². The lowest BCUT2D eigenvalue weighted by atomic mass is 10.1. The molecule has 0 spiro atoms. The average Bonchev–Trinajstić information content (AvgIpc) is 2.58. The molecular weight excluding hydrogens is 348 g/mol. The number of hydrogen-bond acceptors (Lipinski definition) is 3. The summed E-state index contributed by atoms with van der Waals surface area (Å²) < 4.78 is 27.2. The highest BCUT2D eigenvalue weighted by Crippen LogP contribution is 2.15. The van der Waals surface area contributed by atoms with Crippen LogP contribution >= 0.6 is 0 Å². The predicted octanol–water partition coefficient (Wildman–Crippen LogP) is 2.81. The molecule has 0 amide bonds. The number of benzene rings is 2. The third kappa shape index (κ3) is 4.20. The molecule has 0 aliphatic carbocycles. The number of pyridine rings is 1. The summed E-state index contributed by atoms with van der Waals surface area (Å²) in [7, 11) is -3.45. The van der Waals surface area contributed by atoms with Crippen LogP contribution in [0, 0.1) is 13.8 Å². The standard InChI is InChI=1S/C20H22N2O3S/c1-14-6-3-4-8-18(14)13-26(24,25)21-11-10-17-12-16-9-5-7-15(2)19(16)22-20(17)23/h3-9,12,21H,10-11,13H2,1-2H3,(H,22,23). The lowest BCUT2D eigenvalue weighted by molar-refractivity contribution is 0.580. The summed E-state index contributed by atoms with van der Waals surface area (Å²) in [6, 6.07) is 15.1. The molecule has 2 N–H and O–H groups in total. The molecular formula is C20H22N2O3S. The molecule has 0 radical (unpaired) electrons. The molecule has 136 valence electrons. The maximum Gasteiger partial charge on any atom is 0.251 e. The highest BCUT2D eigenvalue weighted by Gasteiger charge is 2.13. The van der Waals surface area contributed by atoms with Gasteiger partial charge in [0.15, 0.2) is 0 Å². The number of aromatic amines is 1. The van der Waals surface area contributed by atoms with Gasteiger partial charge < -0.3 is 4.98 Å². The smallest absolute Gasteiger partial charge is 0.251 e. The average molecular weight is 370 g/mol. The molecule has 3 rings (SSSR count).